The van der Waals surface area contributed by atoms with E-state index in [1.54, 1.807) is 23.1 Å². The zero-order valence-corrected chi connectivity index (χ0v) is 21.2. The van der Waals surface area contributed by atoms with Crippen molar-refractivity contribution in [2.24, 2.45) is 13.0 Å². The van der Waals surface area contributed by atoms with Crippen LogP contribution >= 0.6 is 23.2 Å². The van der Waals surface area contributed by atoms with Crippen LogP contribution in [-0.2, 0) is 18.4 Å². The van der Waals surface area contributed by atoms with E-state index in [1.165, 1.54) is 0 Å². The van der Waals surface area contributed by atoms with Crippen LogP contribution in [-0.4, -0.2) is 45.4 Å². The topological polar surface area (TPSA) is 57.6 Å². The lowest BCUT2D eigenvalue weighted by Gasteiger charge is -2.36. The Morgan fingerprint density at radius 2 is 1.76 bits per heavy atom. The van der Waals surface area contributed by atoms with Crippen molar-refractivity contribution in [1.29, 1.82) is 0 Å². The third kappa shape index (κ3) is 6.90. The molecule has 1 heterocycles. The average Bonchev–Trinajstić information content (AvgIpc) is 3.18. The molecule has 1 aliphatic carbocycles. The highest BCUT2D eigenvalue weighted by Gasteiger charge is 2.30. The number of anilines is 1. The van der Waals surface area contributed by atoms with Crippen molar-refractivity contribution >= 4 is 40.8 Å². The van der Waals surface area contributed by atoms with Crippen LogP contribution in [0.15, 0.2) is 36.5 Å². The van der Waals surface area contributed by atoms with Crippen LogP contribution in [0.3, 0.4) is 0 Å². The molecule has 1 aromatic carbocycles. The summed E-state index contributed by atoms with van der Waals surface area (Å²) in [4.78, 5) is 30.4. The smallest absolute Gasteiger partial charge is 0.322 e. The number of hydrogen-bond donors (Lipinski definition) is 1. The van der Waals surface area contributed by atoms with Crippen molar-refractivity contribution in [3.05, 3.63) is 52.3 Å². The van der Waals surface area contributed by atoms with Gasteiger partial charge in [-0.3, -0.25) is 4.79 Å². The molecule has 3 rings (SSSR count). The molecule has 3 amide bonds. The maximum Gasteiger partial charge on any atom is 0.322 e. The Morgan fingerprint density at radius 1 is 1.09 bits per heavy atom. The minimum Gasteiger partial charge on any atom is -0.353 e. The lowest BCUT2D eigenvalue weighted by atomic mass is 9.94. The Bertz CT molecular complexity index is 933. The molecule has 1 N–H and O–H groups in total. The largest absolute Gasteiger partial charge is 0.353 e. The number of nitrogens with zero attached hydrogens (tertiary/aromatic N) is 3. The first-order valence-corrected chi connectivity index (χ1v) is 12.4. The molecule has 0 aliphatic heterocycles. The lowest BCUT2D eigenvalue weighted by Crippen LogP contribution is -2.50. The summed E-state index contributed by atoms with van der Waals surface area (Å²) in [7, 11) is 1.97. The molecule has 33 heavy (non-hydrogen) atoms. The van der Waals surface area contributed by atoms with Crippen LogP contribution in [0.5, 0.6) is 0 Å². The van der Waals surface area contributed by atoms with Crippen molar-refractivity contribution in [3.63, 3.8) is 0 Å². The van der Waals surface area contributed by atoms with Crippen LogP contribution in [0.25, 0.3) is 0 Å². The number of aromatic nitrogens is 1. The zero-order chi connectivity index (χ0) is 24.0. The van der Waals surface area contributed by atoms with E-state index in [1.807, 2.05) is 34.8 Å². The Kier molecular flexibility index (Phi) is 9.10. The van der Waals surface area contributed by atoms with Gasteiger partial charge in [0.15, 0.2) is 0 Å². The minimum atomic E-state index is -0.339. The van der Waals surface area contributed by atoms with Crippen LogP contribution in [0.1, 0.15) is 51.6 Å². The molecule has 0 saturated heterocycles. The van der Waals surface area contributed by atoms with E-state index >= 15 is 0 Å². The summed E-state index contributed by atoms with van der Waals surface area (Å²) in [6, 6.07) is 8.77. The number of urea groups is 1. The highest BCUT2D eigenvalue weighted by Crippen LogP contribution is 2.31. The van der Waals surface area contributed by atoms with Gasteiger partial charge in [-0.05, 0) is 43.0 Å². The van der Waals surface area contributed by atoms with Gasteiger partial charge in [0.25, 0.3) is 0 Å². The quantitative estimate of drug-likeness (QED) is 0.477. The van der Waals surface area contributed by atoms with Gasteiger partial charge >= 0.3 is 6.03 Å². The van der Waals surface area contributed by atoms with Crippen molar-refractivity contribution in [2.45, 2.75) is 58.5 Å². The van der Waals surface area contributed by atoms with Crippen LogP contribution in [0.2, 0.25) is 10.0 Å². The summed E-state index contributed by atoms with van der Waals surface area (Å²) in [6.45, 7) is 5.35. The van der Waals surface area contributed by atoms with Gasteiger partial charge in [-0.15, -0.1) is 0 Å². The van der Waals surface area contributed by atoms with E-state index in [-0.39, 0.29) is 24.5 Å². The molecule has 8 heteroatoms. The van der Waals surface area contributed by atoms with E-state index < -0.39 is 0 Å². The number of para-hydroxylation sites is 1. The highest BCUT2D eigenvalue weighted by molar-refractivity contribution is 6.39. The molecule has 180 valence electrons. The first-order chi connectivity index (χ1) is 15.8. The average molecular weight is 493 g/mol. The van der Waals surface area contributed by atoms with E-state index in [2.05, 4.69) is 19.2 Å². The Labute approximate surface area is 206 Å². The number of amides is 3. The number of hydrogen-bond acceptors (Lipinski definition) is 2. The molecule has 1 saturated carbocycles. The first kappa shape index (κ1) is 25.4. The number of benzene rings is 1. The number of carbonyl (C=O) groups is 2. The third-order valence-corrected chi connectivity index (χ3v) is 6.75. The number of carbonyl (C=O) groups excluding carboxylic acids is 2. The summed E-state index contributed by atoms with van der Waals surface area (Å²) in [5.74, 6) is 0.254. The monoisotopic (exact) mass is 492 g/mol. The summed E-state index contributed by atoms with van der Waals surface area (Å²) in [5, 5.41) is 3.61. The predicted octanol–water partition coefficient (Wildman–Crippen LogP) is 6.18. The molecule has 0 unspecified atom stereocenters. The summed E-state index contributed by atoms with van der Waals surface area (Å²) in [6.07, 6.45) is 7.01. The summed E-state index contributed by atoms with van der Waals surface area (Å²) >= 11 is 12.6. The highest BCUT2D eigenvalue weighted by atomic mass is 35.5. The van der Waals surface area contributed by atoms with Crippen LogP contribution < -0.4 is 5.32 Å². The van der Waals surface area contributed by atoms with Crippen molar-refractivity contribution in [1.82, 2.24) is 14.4 Å². The van der Waals surface area contributed by atoms with Crippen molar-refractivity contribution < 1.29 is 9.59 Å². The normalized spacial score (nSPS) is 14.4. The maximum absolute atomic E-state index is 13.5. The zero-order valence-electron chi connectivity index (χ0n) is 19.7. The number of halogens is 2. The molecular formula is C25H34Cl2N4O2. The van der Waals surface area contributed by atoms with Gasteiger partial charge in [0.2, 0.25) is 5.91 Å². The molecule has 0 radical (unpaired) electrons. The van der Waals surface area contributed by atoms with E-state index in [4.69, 9.17) is 23.2 Å². The molecule has 0 bridgehead atoms. The van der Waals surface area contributed by atoms with Gasteiger partial charge in [-0.1, -0.05) is 62.4 Å². The van der Waals surface area contributed by atoms with Crippen molar-refractivity contribution in [3.8, 4) is 0 Å². The predicted molar refractivity (Wildman–Crippen MR) is 135 cm³/mol. The SMILES string of the molecule is CC(C)CN(Cc1cccn1C)C(=O)CN(C(=O)Nc1c(Cl)cccc1Cl)C1CCCCC1. The van der Waals surface area contributed by atoms with E-state index in [0.717, 1.165) is 37.8 Å². The molecule has 0 spiro atoms. The minimum absolute atomic E-state index is 0.0138. The molecule has 0 atom stereocenters. The fraction of sp³-hybridized carbons (Fsp3) is 0.520. The van der Waals surface area contributed by atoms with Gasteiger partial charge in [0.1, 0.15) is 6.54 Å². The van der Waals surface area contributed by atoms with Gasteiger partial charge in [-0.2, -0.15) is 0 Å². The van der Waals surface area contributed by atoms with E-state index in [9.17, 15) is 9.59 Å². The molecular weight excluding hydrogens is 459 g/mol. The second-order valence-corrected chi connectivity index (χ2v) is 10.0. The van der Waals surface area contributed by atoms with E-state index in [0.29, 0.717) is 34.7 Å². The fourth-order valence-electron chi connectivity index (χ4n) is 4.35. The molecule has 2 aromatic rings. The second-order valence-electron chi connectivity index (χ2n) is 9.23. The van der Waals surface area contributed by atoms with Gasteiger partial charge in [0, 0.05) is 31.5 Å². The summed E-state index contributed by atoms with van der Waals surface area (Å²) < 4.78 is 2.02. The van der Waals surface area contributed by atoms with Gasteiger partial charge in [-0.25, -0.2) is 4.79 Å². The van der Waals surface area contributed by atoms with Crippen molar-refractivity contribution in [2.75, 3.05) is 18.4 Å². The second kappa shape index (κ2) is 11.8. The number of rotatable bonds is 8. The Balaban J connectivity index is 1.80. The summed E-state index contributed by atoms with van der Waals surface area (Å²) in [5.41, 5.74) is 1.43. The molecule has 6 nitrogen and oxygen atoms in total. The molecule has 1 aliphatic rings. The Morgan fingerprint density at radius 3 is 2.33 bits per heavy atom. The van der Waals surface area contributed by atoms with Crippen LogP contribution in [0, 0.1) is 5.92 Å². The third-order valence-electron chi connectivity index (χ3n) is 6.12. The number of aryl methyl sites for hydroxylation is 1. The van der Waals surface area contributed by atoms with Crippen LogP contribution in [0.4, 0.5) is 10.5 Å². The number of nitrogens with one attached hydrogen (secondary N) is 1. The first-order valence-electron chi connectivity index (χ1n) is 11.7. The molecule has 1 aromatic heterocycles. The standard InChI is InChI=1S/C25H34Cl2N4O2/c1-18(2)15-30(16-20-11-8-14-29(20)3)23(32)17-31(19-9-5-4-6-10-19)25(33)28-24-21(26)12-7-13-22(24)27/h7-8,11-14,18-19H,4-6,9-10,15-17H2,1-3H3,(H,28,33). The Hall–Kier alpha value is -2.18. The maximum atomic E-state index is 13.5. The molecule has 1 fully saturated rings. The lowest BCUT2D eigenvalue weighted by molar-refractivity contribution is -0.133. The van der Waals surface area contributed by atoms with Gasteiger partial charge in [0.05, 0.1) is 22.3 Å². The van der Waals surface area contributed by atoms with Gasteiger partial charge < -0.3 is 19.7 Å². The fourth-order valence-corrected chi connectivity index (χ4v) is 4.84.